The smallest absolute Gasteiger partial charge is 0.253 e. The lowest BCUT2D eigenvalue weighted by molar-refractivity contribution is 0.0706. The fraction of sp³-hybridized carbons (Fsp3) is 0.227. The molecule has 1 saturated heterocycles. The molecule has 0 aliphatic carbocycles. The van der Waals surface area contributed by atoms with Crippen LogP contribution >= 0.6 is 11.6 Å². The van der Waals surface area contributed by atoms with E-state index in [1.807, 2.05) is 59.5 Å². The minimum Gasteiger partial charge on any atom is -0.368 e. The number of halogens is 1. The van der Waals surface area contributed by atoms with Crippen molar-refractivity contribution in [2.24, 2.45) is 0 Å². The normalized spacial score (nSPS) is 16.8. The molecule has 1 aliphatic heterocycles. The Morgan fingerprint density at radius 1 is 1.11 bits per heavy atom. The molecule has 3 aromatic rings. The largest absolute Gasteiger partial charge is 0.368 e. The molecule has 142 valence electrons. The monoisotopic (exact) mass is 392 g/mol. The van der Waals surface area contributed by atoms with Crippen LogP contribution in [0, 0.1) is 0 Å². The predicted molar refractivity (Wildman–Crippen MR) is 111 cm³/mol. The van der Waals surface area contributed by atoms with Gasteiger partial charge in [-0.2, -0.15) is 0 Å². The Bertz CT molecular complexity index is 976. The summed E-state index contributed by atoms with van der Waals surface area (Å²) in [6.07, 6.45) is 3.64. The topological polar surface area (TPSA) is 72.1 Å². The molecular weight excluding hydrogens is 372 g/mol. The van der Waals surface area contributed by atoms with Crippen molar-refractivity contribution in [2.45, 2.75) is 18.8 Å². The molecule has 2 aromatic carbocycles. The van der Waals surface area contributed by atoms with Crippen LogP contribution in [0.3, 0.4) is 0 Å². The van der Waals surface area contributed by atoms with Crippen molar-refractivity contribution >= 4 is 23.5 Å². The predicted octanol–water partition coefficient (Wildman–Crippen LogP) is 4.40. The summed E-state index contributed by atoms with van der Waals surface area (Å²) in [5, 5.41) is 0.680. The van der Waals surface area contributed by atoms with Gasteiger partial charge in [-0.25, -0.2) is 9.97 Å². The number of hydrogen-bond acceptors (Lipinski definition) is 4. The number of piperidine rings is 1. The van der Waals surface area contributed by atoms with E-state index in [9.17, 15) is 4.79 Å². The van der Waals surface area contributed by atoms with Crippen LogP contribution in [-0.4, -0.2) is 33.9 Å². The SMILES string of the molecule is Nc1ncc(-c2ccc(Cl)cc2)c([C@@H]2CCCN(C(=O)c3ccccc3)C2)n1. The summed E-state index contributed by atoms with van der Waals surface area (Å²) >= 11 is 6.03. The molecule has 1 aliphatic rings. The van der Waals surface area contributed by atoms with Crippen LogP contribution in [0.15, 0.2) is 60.8 Å². The second-order valence-corrected chi connectivity index (χ2v) is 7.43. The fourth-order valence-corrected chi connectivity index (χ4v) is 3.85. The number of benzene rings is 2. The van der Waals surface area contributed by atoms with Gasteiger partial charge in [0.1, 0.15) is 0 Å². The number of likely N-dealkylation sites (tertiary alicyclic amines) is 1. The first-order valence-electron chi connectivity index (χ1n) is 9.34. The van der Waals surface area contributed by atoms with E-state index < -0.39 is 0 Å². The fourth-order valence-electron chi connectivity index (χ4n) is 3.72. The molecule has 2 N–H and O–H groups in total. The van der Waals surface area contributed by atoms with Crippen LogP contribution in [0.4, 0.5) is 5.95 Å². The number of rotatable bonds is 3. The second-order valence-electron chi connectivity index (χ2n) is 6.99. The summed E-state index contributed by atoms with van der Waals surface area (Å²) < 4.78 is 0. The van der Waals surface area contributed by atoms with Crippen molar-refractivity contribution in [3.8, 4) is 11.1 Å². The second kappa shape index (κ2) is 7.98. The van der Waals surface area contributed by atoms with Gasteiger partial charge < -0.3 is 10.6 Å². The Morgan fingerprint density at radius 2 is 1.86 bits per heavy atom. The third-order valence-electron chi connectivity index (χ3n) is 5.11. The van der Waals surface area contributed by atoms with Crippen LogP contribution in [0.25, 0.3) is 11.1 Å². The Hall–Kier alpha value is -2.92. The molecule has 1 aromatic heterocycles. The number of carbonyl (C=O) groups excluding carboxylic acids is 1. The quantitative estimate of drug-likeness (QED) is 0.717. The molecule has 0 radical (unpaired) electrons. The molecule has 6 heteroatoms. The van der Waals surface area contributed by atoms with Gasteiger partial charge in [-0.3, -0.25) is 4.79 Å². The molecule has 5 nitrogen and oxygen atoms in total. The number of nitrogens with two attached hydrogens (primary N) is 1. The van der Waals surface area contributed by atoms with Crippen LogP contribution in [0.2, 0.25) is 5.02 Å². The van der Waals surface area contributed by atoms with Gasteiger partial charge in [0, 0.05) is 41.4 Å². The number of nitrogen functional groups attached to an aromatic ring is 1. The zero-order chi connectivity index (χ0) is 19.5. The van der Waals surface area contributed by atoms with Gasteiger partial charge in [-0.05, 0) is 42.7 Å². The van der Waals surface area contributed by atoms with Gasteiger partial charge in [0.05, 0.1) is 5.69 Å². The van der Waals surface area contributed by atoms with E-state index in [2.05, 4.69) is 9.97 Å². The van der Waals surface area contributed by atoms with E-state index in [1.165, 1.54) is 0 Å². The molecular formula is C22H21ClN4O. The van der Waals surface area contributed by atoms with E-state index in [-0.39, 0.29) is 17.8 Å². The van der Waals surface area contributed by atoms with Gasteiger partial charge in [0.15, 0.2) is 0 Å². The highest BCUT2D eigenvalue weighted by molar-refractivity contribution is 6.30. The first-order chi connectivity index (χ1) is 13.6. The maximum atomic E-state index is 12.9. The highest BCUT2D eigenvalue weighted by atomic mass is 35.5. The number of hydrogen-bond donors (Lipinski definition) is 1. The average Bonchev–Trinajstić information content (AvgIpc) is 2.74. The summed E-state index contributed by atoms with van der Waals surface area (Å²) in [7, 11) is 0. The van der Waals surface area contributed by atoms with Gasteiger partial charge in [0.2, 0.25) is 5.95 Å². The van der Waals surface area contributed by atoms with E-state index in [0.29, 0.717) is 17.1 Å². The zero-order valence-corrected chi connectivity index (χ0v) is 16.1. The summed E-state index contributed by atoms with van der Waals surface area (Å²) in [4.78, 5) is 23.5. The summed E-state index contributed by atoms with van der Waals surface area (Å²) in [6.45, 7) is 1.37. The summed E-state index contributed by atoms with van der Waals surface area (Å²) in [6, 6.07) is 17.0. The number of amides is 1. The third kappa shape index (κ3) is 3.85. The first-order valence-corrected chi connectivity index (χ1v) is 9.72. The first kappa shape index (κ1) is 18.4. The molecule has 0 saturated carbocycles. The van der Waals surface area contributed by atoms with E-state index in [0.717, 1.165) is 36.2 Å². The zero-order valence-electron chi connectivity index (χ0n) is 15.4. The Balaban J connectivity index is 1.64. The van der Waals surface area contributed by atoms with E-state index in [4.69, 9.17) is 17.3 Å². The maximum Gasteiger partial charge on any atom is 0.253 e. The number of anilines is 1. The van der Waals surface area contributed by atoms with Crippen LogP contribution < -0.4 is 5.73 Å². The van der Waals surface area contributed by atoms with E-state index >= 15 is 0 Å². The number of aromatic nitrogens is 2. The molecule has 0 unspecified atom stereocenters. The van der Waals surface area contributed by atoms with Crippen molar-refractivity contribution in [2.75, 3.05) is 18.8 Å². The molecule has 28 heavy (non-hydrogen) atoms. The molecule has 0 bridgehead atoms. The lowest BCUT2D eigenvalue weighted by Gasteiger charge is -2.33. The Labute approximate surface area is 169 Å². The average molecular weight is 393 g/mol. The third-order valence-corrected chi connectivity index (χ3v) is 5.36. The summed E-state index contributed by atoms with van der Waals surface area (Å²) in [5.74, 6) is 0.414. The van der Waals surface area contributed by atoms with Crippen LogP contribution in [0.5, 0.6) is 0 Å². The molecule has 1 amide bonds. The minimum atomic E-state index is 0.0559. The Kier molecular flexibility index (Phi) is 5.26. The molecule has 1 fully saturated rings. The highest BCUT2D eigenvalue weighted by Crippen LogP contribution is 2.34. The Morgan fingerprint density at radius 3 is 2.61 bits per heavy atom. The lowest BCUT2D eigenvalue weighted by atomic mass is 9.89. The van der Waals surface area contributed by atoms with E-state index in [1.54, 1.807) is 6.20 Å². The van der Waals surface area contributed by atoms with Crippen LogP contribution in [0.1, 0.15) is 34.8 Å². The van der Waals surface area contributed by atoms with Crippen molar-refractivity contribution in [3.05, 3.63) is 77.1 Å². The summed E-state index contributed by atoms with van der Waals surface area (Å²) in [5.41, 5.74) is 9.43. The van der Waals surface area contributed by atoms with Crippen molar-refractivity contribution < 1.29 is 4.79 Å². The van der Waals surface area contributed by atoms with Crippen molar-refractivity contribution in [3.63, 3.8) is 0 Å². The van der Waals surface area contributed by atoms with Gasteiger partial charge in [0.25, 0.3) is 5.91 Å². The minimum absolute atomic E-state index is 0.0559. The number of carbonyl (C=O) groups is 1. The van der Waals surface area contributed by atoms with Gasteiger partial charge in [-0.1, -0.05) is 41.9 Å². The standard InChI is InChI=1S/C22H21ClN4O/c23-18-10-8-15(9-11-18)19-13-25-22(24)26-20(19)17-7-4-12-27(14-17)21(28)16-5-2-1-3-6-16/h1-3,5-6,8-11,13,17H,4,7,12,14H2,(H2,24,25,26)/t17-/m1/s1. The molecule has 1 atom stereocenters. The van der Waals surface area contributed by atoms with Crippen molar-refractivity contribution in [1.29, 1.82) is 0 Å². The number of nitrogens with zero attached hydrogens (tertiary/aromatic N) is 3. The lowest BCUT2D eigenvalue weighted by Crippen LogP contribution is -2.39. The maximum absolute atomic E-state index is 12.9. The highest BCUT2D eigenvalue weighted by Gasteiger charge is 2.28. The van der Waals surface area contributed by atoms with Gasteiger partial charge >= 0.3 is 0 Å². The molecule has 2 heterocycles. The van der Waals surface area contributed by atoms with Gasteiger partial charge in [-0.15, -0.1) is 0 Å². The molecule has 4 rings (SSSR count). The van der Waals surface area contributed by atoms with Crippen molar-refractivity contribution in [1.82, 2.24) is 14.9 Å². The van der Waals surface area contributed by atoms with Crippen LogP contribution in [-0.2, 0) is 0 Å². The molecule has 0 spiro atoms.